The van der Waals surface area contributed by atoms with E-state index in [1.54, 1.807) is 0 Å². The van der Waals surface area contributed by atoms with Gasteiger partial charge in [-0.2, -0.15) is 0 Å². The Morgan fingerprint density at radius 2 is 1.85 bits per heavy atom. The number of hydrogen-bond donors (Lipinski definition) is 1. The molecule has 3 aliphatic rings. The molecule has 3 heterocycles. The maximum absolute atomic E-state index is 12.6. The molecule has 0 spiro atoms. The Balaban J connectivity index is 0.00000147. The summed E-state index contributed by atoms with van der Waals surface area (Å²) in [4.78, 5) is 17.4. The van der Waals surface area contributed by atoms with E-state index < -0.39 is 0 Å². The highest BCUT2D eigenvalue weighted by Gasteiger charge is 2.36. The molecule has 3 aliphatic heterocycles. The Morgan fingerprint density at radius 1 is 1.10 bits per heavy atom. The van der Waals surface area contributed by atoms with Gasteiger partial charge in [0.05, 0.1) is 5.92 Å². The molecule has 0 aliphatic carbocycles. The van der Waals surface area contributed by atoms with Crippen LogP contribution in [0.5, 0.6) is 0 Å². The van der Waals surface area contributed by atoms with Crippen molar-refractivity contribution in [2.45, 2.75) is 38.6 Å². The van der Waals surface area contributed by atoms with Crippen LogP contribution in [0.15, 0.2) is 0 Å². The van der Waals surface area contributed by atoms with Crippen LogP contribution in [0, 0.1) is 11.8 Å². The van der Waals surface area contributed by atoms with Crippen molar-refractivity contribution < 1.29 is 4.79 Å². The maximum Gasteiger partial charge on any atom is 0.227 e. The van der Waals surface area contributed by atoms with Crippen molar-refractivity contribution in [1.29, 1.82) is 0 Å². The number of hydrogen-bond acceptors (Lipinski definition) is 3. The average molecular weight is 302 g/mol. The number of rotatable bonds is 2. The van der Waals surface area contributed by atoms with E-state index in [0.717, 1.165) is 26.2 Å². The highest BCUT2D eigenvalue weighted by atomic mass is 35.5. The molecule has 5 heteroatoms. The van der Waals surface area contributed by atoms with Crippen molar-refractivity contribution >= 4 is 18.3 Å². The van der Waals surface area contributed by atoms with Crippen LogP contribution in [0.4, 0.5) is 0 Å². The highest BCUT2D eigenvalue weighted by molar-refractivity contribution is 5.85. The summed E-state index contributed by atoms with van der Waals surface area (Å²) in [6.07, 6.45) is 5.14. The number of nitrogens with zero attached hydrogens (tertiary/aromatic N) is 2. The molecular weight excluding hydrogens is 274 g/mol. The molecule has 3 atom stereocenters. The minimum absolute atomic E-state index is 0. The lowest BCUT2D eigenvalue weighted by Crippen LogP contribution is -2.51. The number of carbonyl (C=O) groups excluding carboxylic acids is 1. The molecule has 3 fully saturated rings. The Hall–Kier alpha value is -0.320. The fourth-order valence-electron chi connectivity index (χ4n) is 3.93. The topological polar surface area (TPSA) is 35.6 Å². The fraction of sp³-hybridized carbons (Fsp3) is 0.933. The largest absolute Gasteiger partial charge is 0.341 e. The van der Waals surface area contributed by atoms with Gasteiger partial charge in [-0.05, 0) is 51.2 Å². The van der Waals surface area contributed by atoms with Gasteiger partial charge in [0.2, 0.25) is 5.91 Å². The third-order valence-electron chi connectivity index (χ3n) is 5.20. The van der Waals surface area contributed by atoms with Crippen molar-refractivity contribution in [2.24, 2.45) is 11.8 Å². The maximum atomic E-state index is 12.6. The van der Waals surface area contributed by atoms with E-state index in [0.29, 0.717) is 17.9 Å². The van der Waals surface area contributed by atoms with Crippen molar-refractivity contribution in [3.05, 3.63) is 0 Å². The van der Waals surface area contributed by atoms with Gasteiger partial charge in [-0.1, -0.05) is 6.92 Å². The summed E-state index contributed by atoms with van der Waals surface area (Å²) in [5.41, 5.74) is 0. The van der Waals surface area contributed by atoms with E-state index in [9.17, 15) is 4.79 Å². The molecule has 3 saturated heterocycles. The molecule has 0 aromatic rings. The molecule has 1 N–H and O–H groups in total. The van der Waals surface area contributed by atoms with Gasteiger partial charge in [-0.25, -0.2) is 0 Å². The van der Waals surface area contributed by atoms with Crippen LogP contribution in [-0.4, -0.2) is 61.0 Å². The van der Waals surface area contributed by atoms with Crippen molar-refractivity contribution in [2.75, 3.05) is 39.3 Å². The third-order valence-corrected chi connectivity index (χ3v) is 5.20. The number of halogens is 1. The highest BCUT2D eigenvalue weighted by Crippen LogP contribution is 2.24. The summed E-state index contributed by atoms with van der Waals surface area (Å²) in [5.74, 6) is 1.12. The first-order valence-corrected chi connectivity index (χ1v) is 7.99. The zero-order valence-corrected chi connectivity index (χ0v) is 13.3. The van der Waals surface area contributed by atoms with E-state index in [2.05, 4.69) is 22.0 Å². The smallest absolute Gasteiger partial charge is 0.227 e. The third kappa shape index (κ3) is 3.29. The van der Waals surface area contributed by atoms with Gasteiger partial charge in [0.25, 0.3) is 0 Å². The molecule has 116 valence electrons. The minimum atomic E-state index is 0. The molecule has 20 heavy (non-hydrogen) atoms. The molecule has 0 aromatic carbocycles. The standard InChI is InChI=1S/C15H27N3O.ClH/c1-12-9-16-10-14(12)15(19)18-8-4-5-13(11-18)17-6-2-3-7-17;/h12-14,16H,2-11H2,1H3;1H/t12-,13?,14-;/m1./s1. The van der Waals surface area contributed by atoms with Crippen LogP contribution in [0.1, 0.15) is 32.6 Å². The second-order valence-electron chi connectivity index (χ2n) is 6.57. The van der Waals surface area contributed by atoms with Gasteiger partial charge < -0.3 is 10.2 Å². The van der Waals surface area contributed by atoms with Gasteiger partial charge >= 0.3 is 0 Å². The second kappa shape index (κ2) is 7.10. The molecule has 1 amide bonds. The van der Waals surface area contributed by atoms with E-state index in [4.69, 9.17) is 0 Å². The van der Waals surface area contributed by atoms with Gasteiger partial charge in [0.15, 0.2) is 0 Å². The molecule has 1 unspecified atom stereocenters. The Kier molecular flexibility index (Phi) is 5.70. The van der Waals surface area contributed by atoms with Crippen LogP contribution in [0.2, 0.25) is 0 Å². The lowest BCUT2D eigenvalue weighted by molar-refractivity contribution is -0.138. The first-order chi connectivity index (χ1) is 9.25. The number of nitrogens with one attached hydrogen (secondary N) is 1. The predicted octanol–water partition coefficient (Wildman–Crippen LogP) is 1.35. The number of likely N-dealkylation sites (tertiary alicyclic amines) is 2. The van der Waals surface area contributed by atoms with Crippen molar-refractivity contribution in [3.8, 4) is 0 Å². The SMILES string of the molecule is C[C@@H]1CNC[C@H]1C(=O)N1CCCC(N2CCCC2)C1.Cl. The first kappa shape index (κ1) is 16.1. The summed E-state index contributed by atoms with van der Waals surface area (Å²) >= 11 is 0. The summed E-state index contributed by atoms with van der Waals surface area (Å²) in [7, 11) is 0. The minimum Gasteiger partial charge on any atom is -0.341 e. The Bertz CT molecular complexity index is 333. The van der Waals surface area contributed by atoms with Crippen LogP contribution >= 0.6 is 12.4 Å². The predicted molar refractivity (Wildman–Crippen MR) is 83.2 cm³/mol. The van der Waals surface area contributed by atoms with Crippen molar-refractivity contribution in [1.82, 2.24) is 15.1 Å². The van der Waals surface area contributed by atoms with E-state index in [1.807, 2.05) is 0 Å². The second-order valence-corrected chi connectivity index (χ2v) is 6.57. The normalized spacial score (nSPS) is 35.0. The van der Waals surface area contributed by atoms with E-state index in [1.165, 1.54) is 38.8 Å². The number of amides is 1. The Morgan fingerprint density at radius 3 is 2.50 bits per heavy atom. The lowest BCUT2D eigenvalue weighted by Gasteiger charge is -2.39. The summed E-state index contributed by atoms with van der Waals surface area (Å²) in [5, 5.41) is 3.35. The summed E-state index contributed by atoms with van der Waals surface area (Å²) in [6, 6.07) is 0.630. The van der Waals surface area contributed by atoms with Crippen LogP contribution in [0.3, 0.4) is 0 Å². The zero-order valence-electron chi connectivity index (χ0n) is 12.5. The van der Waals surface area contributed by atoms with Gasteiger partial charge in [-0.3, -0.25) is 9.69 Å². The van der Waals surface area contributed by atoms with E-state index >= 15 is 0 Å². The molecule has 0 saturated carbocycles. The lowest BCUT2D eigenvalue weighted by atomic mass is 9.94. The molecule has 4 nitrogen and oxygen atoms in total. The quantitative estimate of drug-likeness (QED) is 0.836. The number of carbonyl (C=O) groups is 1. The van der Waals surface area contributed by atoms with Gasteiger partial charge in [0.1, 0.15) is 0 Å². The van der Waals surface area contributed by atoms with Crippen LogP contribution < -0.4 is 5.32 Å². The summed E-state index contributed by atoms with van der Waals surface area (Å²) < 4.78 is 0. The first-order valence-electron chi connectivity index (χ1n) is 7.99. The zero-order chi connectivity index (χ0) is 13.2. The van der Waals surface area contributed by atoms with Crippen LogP contribution in [-0.2, 0) is 4.79 Å². The Labute approximate surface area is 128 Å². The molecule has 0 radical (unpaired) electrons. The molecule has 0 aromatic heterocycles. The van der Waals surface area contributed by atoms with E-state index in [-0.39, 0.29) is 18.3 Å². The monoisotopic (exact) mass is 301 g/mol. The van der Waals surface area contributed by atoms with Crippen LogP contribution in [0.25, 0.3) is 0 Å². The average Bonchev–Trinajstić information content (AvgIpc) is 3.09. The van der Waals surface area contributed by atoms with Gasteiger partial charge in [-0.15, -0.1) is 12.4 Å². The fourth-order valence-corrected chi connectivity index (χ4v) is 3.93. The molecule has 3 rings (SSSR count). The molecular formula is C15H28ClN3O. The van der Waals surface area contributed by atoms with Gasteiger partial charge in [0, 0.05) is 25.7 Å². The summed E-state index contributed by atoms with van der Waals surface area (Å²) in [6.45, 7) is 8.52. The molecule has 0 bridgehead atoms. The number of piperidine rings is 1. The van der Waals surface area contributed by atoms with Crippen molar-refractivity contribution in [3.63, 3.8) is 0 Å².